The standard InChI is InChI=1S/C8H10.2C7H8O.2C7H8S.2C6H6O.C6H6.2C3H8.C2H6O2S.2C2H6O.6C2H6.CH4O/c1-2-8-6-4-3-5-7-8;4*1-8-7-5-3-2-4-6-7;2*7-6-4-2-1-3-5-6;1-2-4-6-5-3-1;2*1-3-2;1-5(2,3)4;2*1-3-2;7*1-2/h3-7H,2H2,1H3;4*2-6H,1H3;2*1-5,7H;1-6H;2*3H2,1-2H3;1-2H3;2*1-2H3;6*1-2H3;2H,1H3. The number of methoxy groups -OCH3 is 4. The highest BCUT2D eigenvalue weighted by Crippen LogP contribution is 2.12. The second-order valence-electron chi connectivity index (χ2n) is 15.1. The highest BCUT2D eigenvalue weighted by atomic mass is 32.2. The van der Waals surface area contributed by atoms with Crippen molar-refractivity contribution in [3.8, 4) is 23.0 Å². The van der Waals surface area contributed by atoms with Gasteiger partial charge in [-0.15, -0.1) is 23.5 Å². The number of hydrogen-bond acceptors (Lipinski definition) is 11. The van der Waals surface area contributed by atoms with Crippen molar-refractivity contribution in [2.24, 2.45) is 0 Å². The first-order valence-electron chi connectivity index (χ1n) is 31.4. The summed E-state index contributed by atoms with van der Waals surface area (Å²) >= 11 is 3.54. The molecule has 0 aliphatic rings. The molecule has 0 bridgehead atoms. The van der Waals surface area contributed by atoms with Gasteiger partial charge in [0.2, 0.25) is 0 Å². The first-order chi connectivity index (χ1) is 44.1. The Morgan fingerprint density at radius 3 is 0.560 bits per heavy atom. The average Bonchev–Trinajstić information content (AvgIpc) is 3.68. The van der Waals surface area contributed by atoms with Crippen LogP contribution >= 0.6 is 23.5 Å². The van der Waals surface area contributed by atoms with Crippen molar-refractivity contribution in [3.05, 3.63) is 254 Å². The monoisotopic (exact) mass is 1320 g/mol. The highest BCUT2D eigenvalue weighted by molar-refractivity contribution is 7.98. The number of aliphatic hydroxyl groups excluding tert-OH is 1. The summed E-state index contributed by atoms with van der Waals surface area (Å²) in [5, 5.41) is 24.3. The maximum absolute atomic E-state index is 9.63. The van der Waals surface area contributed by atoms with E-state index in [4.69, 9.17) is 24.8 Å². The molecule has 3 N–H and O–H groups in total. The van der Waals surface area contributed by atoms with Crippen LogP contribution in [0.3, 0.4) is 0 Å². The number of benzene rings is 8. The van der Waals surface area contributed by atoms with Crippen LogP contribution in [-0.4, -0.2) is 98.5 Å². The summed E-state index contributed by atoms with van der Waals surface area (Å²) in [6, 6.07) is 79.9. The Morgan fingerprint density at radius 1 is 0.319 bits per heavy atom. The predicted molar refractivity (Wildman–Crippen MR) is 416 cm³/mol. The fourth-order valence-electron chi connectivity index (χ4n) is 4.18. The van der Waals surface area contributed by atoms with Crippen LogP contribution in [0.4, 0.5) is 0 Å². The highest BCUT2D eigenvalue weighted by Gasteiger charge is 1.84. The lowest BCUT2D eigenvalue weighted by Crippen LogP contribution is -1.86. The minimum atomic E-state index is -2.67. The topological polar surface area (TPSA) is 132 Å². The molecule has 0 spiro atoms. The molecule has 0 fully saturated rings. The lowest BCUT2D eigenvalue weighted by Gasteiger charge is -1.93. The molecule has 12 heteroatoms. The van der Waals surface area contributed by atoms with Gasteiger partial charge in [0, 0.05) is 57.9 Å². The fourth-order valence-corrected chi connectivity index (χ4v) is 5.04. The largest absolute Gasteiger partial charge is 0.508 e. The van der Waals surface area contributed by atoms with E-state index < -0.39 is 9.84 Å². The number of ether oxygens (including phenoxy) is 4. The number of aliphatic hydroxyl groups is 1. The van der Waals surface area contributed by atoms with E-state index in [-0.39, 0.29) is 0 Å². The van der Waals surface area contributed by atoms with Crippen molar-refractivity contribution in [2.75, 3.05) is 74.8 Å². The molecule has 0 aliphatic carbocycles. The van der Waals surface area contributed by atoms with E-state index in [9.17, 15) is 8.42 Å². The summed E-state index contributed by atoms with van der Waals surface area (Å²) in [4.78, 5) is 2.65. The van der Waals surface area contributed by atoms with Crippen LogP contribution in [0.15, 0.2) is 259 Å². The average molecular weight is 1320 g/mol. The number of aromatic hydroxyl groups is 2. The lowest BCUT2D eigenvalue weighted by molar-refractivity contribution is 0.277. The van der Waals surface area contributed by atoms with Gasteiger partial charge in [-0.1, -0.05) is 306 Å². The van der Waals surface area contributed by atoms with Crippen LogP contribution in [0.5, 0.6) is 23.0 Å². The normalized spacial score (nSPS) is 7.66. The van der Waals surface area contributed by atoms with Gasteiger partial charge in [-0.3, -0.25) is 0 Å². The molecule has 0 amide bonds. The van der Waals surface area contributed by atoms with E-state index in [1.807, 2.05) is 235 Å². The maximum atomic E-state index is 9.63. The number of phenolic OH excluding ortho intramolecular Hbond substituents is 2. The van der Waals surface area contributed by atoms with Crippen molar-refractivity contribution in [2.45, 2.75) is 147 Å². The minimum Gasteiger partial charge on any atom is -0.508 e. The van der Waals surface area contributed by atoms with Gasteiger partial charge in [0.1, 0.15) is 32.8 Å². The summed E-state index contributed by atoms with van der Waals surface area (Å²) in [7, 11) is 8.16. The van der Waals surface area contributed by atoms with Gasteiger partial charge >= 0.3 is 0 Å². The number of aryl methyl sites for hydroxylation is 1. The van der Waals surface area contributed by atoms with Crippen LogP contribution < -0.4 is 9.47 Å². The van der Waals surface area contributed by atoms with Gasteiger partial charge in [0.15, 0.2) is 0 Å². The Kier molecular flexibility index (Phi) is 141. The van der Waals surface area contributed by atoms with E-state index in [0.717, 1.165) is 37.5 Å². The van der Waals surface area contributed by atoms with Gasteiger partial charge in [0.05, 0.1) is 14.2 Å². The van der Waals surface area contributed by atoms with Crippen LogP contribution in [0.1, 0.15) is 136 Å². The zero-order valence-electron chi connectivity index (χ0n) is 62.3. The van der Waals surface area contributed by atoms with Gasteiger partial charge in [-0.2, -0.15) is 0 Å². The smallest absolute Gasteiger partial charge is 0.144 e. The second-order valence-corrected chi connectivity index (χ2v) is 19.2. The van der Waals surface area contributed by atoms with E-state index in [1.54, 1.807) is 115 Å². The molecule has 8 aromatic rings. The Labute approximate surface area is 571 Å². The Balaban J connectivity index is -0.0000000739. The lowest BCUT2D eigenvalue weighted by atomic mass is 10.2. The quantitative estimate of drug-likeness (QED) is 0.142. The molecule has 0 unspecified atom stereocenters. The summed E-state index contributed by atoms with van der Waals surface area (Å²) in [6.45, 7) is 34.7. The van der Waals surface area contributed by atoms with Crippen molar-refractivity contribution in [3.63, 3.8) is 0 Å². The van der Waals surface area contributed by atoms with Crippen LogP contribution in [0.25, 0.3) is 0 Å². The summed E-state index contributed by atoms with van der Waals surface area (Å²) < 4.78 is 37.6. The van der Waals surface area contributed by atoms with Gasteiger partial charge in [-0.25, -0.2) is 8.42 Å². The Bertz CT molecular complexity index is 2040. The molecule has 522 valence electrons. The minimum absolute atomic E-state index is 0.322. The van der Waals surface area contributed by atoms with Crippen molar-refractivity contribution in [1.82, 2.24) is 0 Å². The molecule has 0 saturated heterocycles. The van der Waals surface area contributed by atoms with Gasteiger partial charge in [0.25, 0.3) is 0 Å². The summed E-state index contributed by atoms with van der Waals surface area (Å²) in [5.74, 6) is 2.46. The van der Waals surface area contributed by atoms with Crippen molar-refractivity contribution >= 4 is 33.4 Å². The second kappa shape index (κ2) is 114. The molecule has 0 saturated carbocycles. The number of phenols is 2. The molecule has 0 aliphatic heterocycles. The molecular weight excluding hydrogens is 1190 g/mol. The first-order valence-corrected chi connectivity index (χ1v) is 36.1. The van der Waals surface area contributed by atoms with E-state index in [1.165, 1.54) is 28.2 Å². The number of thioether (sulfide) groups is 2. The number of para-hydroxylation sites is 4. The number of hydrogen-bond donors (Lipinski definition) is 3. The van der Waals surface area contributed by atoms with E-state index >= 15 is 0 Å². The molecule has 0 radical (unpaired) electrons. The van der Waals surface area contributed by atoms with Crippen LogP contribution in [-0.2, 0) is 25.7 Å². The predicted octanol–water partition coefficient (Wildman–Crippen LogP) is 23.7. The third kappa shape index (κ3) is 129. The molecule has 0 heterocycles. The Morgan fingerprint density at radius 2 is 0.462 bits per heavy atom. The third-order valence-electron chi connectivity index (χ3n) is 7.35. The van der Waals surface area contributed by atoms with Crippen molar-refractivity contribution in [1.29, 1.82) is 0 Å². The van der Waals surface area contributed by atoms with E-state index in [0.29, 0.717) is 11.5 Å². The molecule has 8 rings (SSSR count). The summed E-state index contributed by atoms with van der Waals surface area (Å²) in [5.41, 5.74) is 1.41. The van der Waals surface area contributed by atoms with E-state index in [2.05, 4.69) is 105 Å². The van der Waals surface area contributed by atoms with Crippen LogP contribution in [0, 0.1) is 0 Å². The zero-order valence-corrected chi connectivity index (χ0v) is 64.8. The maximum Gasteiger partial charge on any atom is 0.144 e. The SMILES string of the molecule is CC.CC.CC.CC.CC.CC.CCC.CCC.CCc1ccccc1.CO.COC.COC.COc1ccccc1.COc1ccccc1.CS(C)(=O)=O.CSc1ccccc1.CSc1ccccc1.Oc1ccccc1.Oc1ccccc1.c1ccccc1. The molecular formula is C79H134O9S3. The Hall–Kier alpha value is -6.51. The molecule has 0 atom stereocenters. The first kappa shape index (κ1) is 112. The zero-order chi connectivity index (χ0) is 72.9. The number of rotatable bonds is 5. The number of sulfone groups is 1. The van der Waals surface area contributed by atoms with Crippen LogP contribution in [0.2, 0.25) is 0 Å². The molecule has 8 aromatic carbocycles. The molecule has 0 aromatic heterocycles. The summed E-state index contributed by atoms with van der Waals surface area (Å²) in [6.07, 6.45) is 10.1. The molecule has 9 nitrogen and oxygen atoms in total. The van der Waals surface area contributed by atoms with Gasteiger partial charge < -0.3 is 34.3 Å². The third-order valence-corrected chi connectivity index (χ3v) is 8.83. The molecule has 91 heavy (non-hydrogen) atoms. The van der Waals surface area contributed by atoms with Gasteiger partial charge in [-0.05, 0) is 97.3 Å². The van der Waals surface area contributed by atoms with Crippen molar-refractivity contribution < 1.29 is 42.7 Å². The fraction of sp³-hybridized carbons (Fsp3) is 0.392.